The van der Waals surface area contributed by atoms with Crippen molar-refractivity contribution in [2.24, 2.45) is 5.73 Å². The Morgan fingerprint density at radius 3 is 1.03 bits per heavy atom. The van der Waals surface area contributed by atoms with Crippen molar-refractivity contribution in [3.05, 3.63) is 109 Å². The third-order valence-corrected chi connectivity index (χ3v) is 13.6. The molecule has 0 amide bonds. The predicted octanol–water partition coefficient (Wildman–Crippen LogP) is 19.4. The molecular formula is C65H112NO8P. The molecule has 2 unspecified atom stereocenters. The van der Waals surface area contributed by atoms with E-state index < -0.39 is 26.5 Å². The van der Waals surface area contributed by atoms with Crippen LogP contribution in [-0.2, 0) is 32.7 Å². The number of carbonyl (C=O) groups excluding carboxylic acids is 2. The number of phosphoric acid groups is 1. The minimum Gasteiger partial charge on any atom is -0.462 e. The zero-order chi connectivity index (χ0) is 54.5. The number of esters is 2. The number of hydrogen-bond donors (Lipinski definition) is 2. The SMILES string of the molecule is CC/C=C\C/C=C\C/C=C\C/C=C\C/C=C\CCCCCCCCCC(=O)OC(COC(=O)CCCCCCCCCCCCCCCCCCCC/C=C\C/C=C\C/C=C\C/C=C\CC)COP(=O)(O)OCCN. The summed E-state index contributed by atoms with van der Waals surface area (Å²) in [5, 5.41) is 0. The second-order valence-corrected chi connectivity index (χ2v) is 21.3. The van der Waals surface area contributed by atoms with E-state index in [1.807, 2.05) is 0 Å². The molecule has 0 saturated carbocycles. The Bertz CT molecular complexity index is 1590. The molecule has 10 heteroatoms. The smallest absolute Gasteiger partial charge is 0.462 e. The van der Waals surface area contributed by atoms with Gasteiger partial charge in [-0.25, -0.2) is 4.57 Å². The van der Waals surface area contributed by atoms with Crippen LogP contribution in [-0.4, -0.2) is 49.3 Å². The van der Waals surface area contributed by atoms with Crippen LogP contribution in [0.4, 0.5) is 0 Å². The van der Waals surface area contributed by atoms with Crippen LogP contribution in [0.3, 0.4) is 0 Å². The average Bonchev–Trinajstić information content (AvgIpc) is 3.40. The van der Waals surface area contributed by atoms with Crippen LogP contribution in [0.5, 0.6) is 0 Å². The molecule has 75 heavy (non-hydrogen) atoms. The summed E-state index contributed by atoms with van der Waals surface area (Å²) in [5.41, 5.74) is 5.39. The first kappa shape index (κ1) is 71.7. The second-order valence-electron chi connectivity index (χ2n) is 19.8. The van der Waals surface area contributed by atoms with Crippen molar-refractivity contribution in [2.75, 3.05) is 26.4 Å². The average molecular weight is 1070 g/mol. The van der Waals surface area contributed by atoms with Crippen LogP contribution in [0, 0.1) is 0 Å². The van der Waals surface area contributed by atoms with E-state index in [1.165, 1.54) is 122 Å². The highest BCUT2D eigenvalue weighted by atomic mass is 31.2. The first-order chi connectivity index (χ1) is 36.8. The maximum absolute atomic E-state index is 12.7. The van der Waals surface area contributed by atoms with E-state index in [1.54, 1.807) is 0 Å². The van der Waals surface area contributed by atoms with Crippen LogP contribution in [0.1, 0.15) is 258 Å². The molecule has 0 aliphatic heterocycles. The number of allylic oxidation sites excluding steroid dienone is 18. The van der Waals surface area contributed by atoms with Crippen molar-refractivity contribution in [1.29, 1.82) is 0 Å². The number of ether oxygens (including phenoxy) is 2. The Balaban J connectivity index is 3.95. The lowest BCUT2D eigenvalue weighted by Gasteiger charge is -2.19. The molecule has 0 saturated heterocycles. The number of rotatable bonds is 56. The van der Waals surface area contributed by atoms with Crippen LogP contribution in [0.25, 0.3) is 0 Å². The molecular weight excluding hydrogens is 954 g/mol. The topological polar surface area (TPSA) is 134 Å². The minimum atomic E-state index is -4.40. The quantitative estimate of drug-likeness (QED) is 0.0264. The molecule has 0 rings (SSSR count). The lowest BCUT2D eigenvalue weighted by atomic mass is 10.0. The van der Waals surface area contributed by atoms with E-state index in [2.05, 4.69) is 123 Å². The van der Waals surface area contributed by atoms with Crippen molar-refractivity contribution in [1.82, 2.24) is 0 Å². The molecule has 0 aromatic rings. The van der Waals surface area contributed by atoms with Gasteiger partial charge in [0.25, 0.3) is 0 Å². The van der Waals surface area contributed by atoms with Gasteiger partial charge in [-0.3, -0.25) is 18.6 Å². The van der Waals surface area contributed by atoms with Gasteiger partial charge in [0.15, 0.2) is 6.10 Å². The van der Waals surface area contributed by atoms with E-state index in [9.17, 15) is 19.0 Å². The molecule has 0 aromatic heterocycles. The maximum Gasteiger partial charge on any atom is 0.472 e. The maximum atomic E-state index is 12.7. The summed E-state index contributed by atoms with van der Waals surface area (Å²) >= 11 is 0. The number of carbonyl (C=O) groups is 2. The number of nitrogens with two attached hydrogens (primary N) is 1. The molecule has 3 N–H and O–H groups in total. The summed E-state index contributed by atoms with van der Waals surface area (Å²) in [7, 11) is -4.40. The first-order valence-corrected chi connectivity index (χ1v) is 31.9. The van der Waals surface area contributed by atoms with Gasteiger partial charge in [0, 0.05) is 19.4 Å². The summed E-state index contributed by atoms with van der Waals surface area (Å²) < 4.78 is 33.1. The van der Waals surface area contributed by atoms with Gasteiger partial charge in [0.2, 0.25) is 0 Å². The lowest BCUT2D eigenvalue weighted by Crippen LogP contribution is -2.29. The fourth-order valence-corrected chi connectivity index (χ4v) is 9.01. The Morgan fingerprint density at radius 2 is 0.693 bits per heavy atom. The van der Waals surface area contributed by atoms with Crippen LogP contribution in [0.15, 0.2) is 109 Å². The molecule has 0 aliphatic carbocycles. The standard InChI is InChI=1S/C65H112NO8P/c1-3-5-7-9-11-13-15-17-19-21-23-25-27-28-29-30-31-32-33-34-36-37-39-41-43-45-47-49-51-53-55-57-64(67)71-61-63(62-73-75(69,70)72-60-59-66)74-65(68)58-56-54-52-50-48-46-44-42-40-38-35-26-24-22-20-18-16-14-12-10-8-6-4-2/h5-8,11-14,17-20,23-26,38,40,63H,3-4,9-10,15-16,21-22,27-37,39,41-62,66H2,1-2H3,(H,69,70)/b7-5-,8-6-,13-11-,14-12-,19-17-,20-18-,25-23-,26-24-,40-38-. The fraction of sp³-hybridized carbons (Fsp3) is 0.692. The molecule has 0 fully saturated rings. The van der Waals surface area contributed by atoms with Gasteiger partial charge in [0.05, 0.1) is 13.2 Å². The van der Waals surface area contributed by atoms with Gasteiger partial charge >= 0.3 is 19.8 Å². The van der Waals surface area contributed by atoms with E-state index >= 15 is 0 Å². The number of hydrogen-bond acceptors (Lipinski definition) is 8. The first-order valence-electron chi connectivity index (χ1n) is 30.4. The normalized spacial score (nSPS) is 13.8. The molecule has 0 heterocycles. The third-order valence-electron chi connectivity index (χ3n) is 12.7. The van der Waals surface area contributed by atoms with Crippen LogP contribution >= 0.6 is 7.82 Å². The van der Waals surface area contributed by atoms with Crippen molar-refractivity contribution >= 4 is 19.8 Å². The highest BCUT2D eigenvalue weighted by Gasteiger charge is 2.26. The van der Waals surface area contributed by atoms with Gasteiger partial charge in [-0.1, -0.05) is 258 Å². The molecule has 0 radical (unpaired) electrons. The summed E-state index contributed by atoms with van der Waals surface area (Å²) in [5.74, 6) is -0.839. The van der Waals surface area contributed by atoms with Gasteiger partial charge < -0.3 is 20.1 Å². The Labute approximate surface area is 460 Å². The lowest BCUT2D eigenvalue weighted by molar-refractivity contribution is -0.161. The molecule has 0 aromatic carbocycles. The molecule has 0 spiro atoms. The number of phosphoric ester groups is 1. The largest absolute Gasteiger partial charge is 0.472 e. The summed E-state index contributed by atoms with van der Waals surface area (Å²) in [6.07, 6.45) is 81.5. The summed E-state index contributed by atoms with van der Waals surface area (Å²) in [6, 6.07) is 0. The fourth-order valence-electron chi connectivity index (χ4n) is 8.24. The molecule has 0 bridgehead atoms. The van der Waals surface area contributed by atoms with E-state index in [4.69, 9.17) is 24.3 Å². The Morgan fingerprint density at radius 1 is 0.400 bits per heavy atom. The van der Waals surface area contributed by atoms with Crippen molar-refractivity contribution < 1.29 is 37.6 Å². The highest BCUT2D eigenvalue weighted by molar-refractivity contribution is 7.47. The zero-order valence-electron chi connectivity index (χ0n) is 48.0. The van der Waals surface area contributed by atoms with Crippen LogP contribution < -0.4 is 5.73 Å². The summed E-state index contributed by atoms with van der Waals surface area (Å²) in [4.78, 5) is 35.2. The van der Waals surface area contributed by atoms with Gasteiger partial charge in [-0.05, 0) is 96.3 Å². The van der Waals surface area contributed by atoms with Crippen molar-refractivity contribution in [3.8, 4) is 0 Å². The predicted molar refractivity (Wildman–Crippen MR) is 321 cm³/mol. The van der Waals surface area contributed by atoms with E-state index in [-0.39, 0.29) is 38.6 Å². The van der Waals surface area contributed by atoms with Gasteiger partial charge in [-0.15, -0.1) is 0 Å². The molecule has 9 nitrogen and oxygen atoms in total. The number of unbranched alkanes of at least 4 members (excludes halogenated alkanes) is 25. The minimum absolute atomic E-state index is 0.0472. The highest BCUT2D eigenvalue weighted by Crippen LogP contribution is 2.43. The van der Waals surface area contributed by atoms with E-state index in [0.717, 1.165) is 103 Å². The van der Waals surface area contributed by atoms with Crippen molar-refractivity contribution in [3.63, 3.8) is 0 Å². The van der Waals surface area contributed by atoms with Gasteiger partial charge in [-0.2, -0.15) is 0 Å². The van der Waals surface area contributed by atoms with Gasteiger partial charge in [0.1, 0.15) is 6.61 Å². The third kappa shape index (κ3) is 59.8. The molecule has 430 valence electrons. The van der Waals surface area contributed by atoms with Crippen molar-refractivity contribution in [2.45, 2.75) is 264 Å². The monoisotopic (exact) mass is 1070 g/mol. The molecule has 2 atom stereocenters. The Hall–Kier alpha value is -3.33. The second kappa shape index (κ2) is 59.9. The Kier molecular flexibility index (Phi) is 57.2. The summed E-state index contributed by atoms with van der Waals surface area (Å²) in [6.45, 7) is 3.52. The zero-order valence-corrected chi connectivity index (χ0v) is 48.9. The van der Waals surface area contributed by atoms with E-state index in [0.29, 0.717) is 6.42 Å². The van der Waals surface area contributed by atoms with Crippen LogP contribution in [0.2, 0.25) is 0 Å². The molecule has 0 aliphatic rings.